The Morgan fingerprint density at radius 2 is 2.25 bits per heavy atom. The van der Waals surface area contributed by atoms with Crippen molar-refractivity contribution in [1.29, 1.82) is 5.26 Å². The molecule has 0 saturated heterocycles. The van der Waals surface area contributed by atoms with Crippen LogP contribution in [0.15, 0.2) is 18.2 Å². The molecule has 1 aromatic carbocycles. The number of nitrogens with zero attached hydrogens (tertiary/aromatic N) is 3. The van der Waals surface area contributed by atoms with Gasteiger partial charge < -0.3 is 10.5 Å². The first kappa shape index (κ1) is 13.9. The number of nitrogen functional groups attached to an aromatic ring is 1. The van der Waals surface area contributed by atoms with Crippen LogP contribution in [0.3, 0.4) is 0 Å². The molecule has 0 fully saturated rings. The third-order valence-electron chi connectivity index (χ3n) is 2.87. The second-order valence-corrected chi connectivity index (χ2v) is 4.39. The van der Waals surface area contributed by atoms with Crippen molar-refractivity contribution in [3.63, 3.8) is 0 Å². The smallest absolute Gasteiger partial charge is 0.241 e. The lowest BCUT2D eigenvalue weighted by Crippen LogP contribution is -1.97. The maximum absolute atomic E-state index is 13.5. The van der Waals surface area contributed by atoms with Crippen molar-refractivity contribution < 1.29 is 9.13 Å². The van der Waals surface area contributed by atoms with E-state index in [0.717, 1.165) is 24.6 Å². The fourth-order valence-electron chi connectivity index (χ4n) is 1.88. The highest BCUT2D eigenvalue weighted by molar-refractivity contribution is 5.54. The molecular formula is C14H15FN4O. The molecule has 2 rings (SSSR count). The van der Waals surface area contributed by atoms with E-state index in [9.17, 15) is 4.39 Å². The van der Waals surface area contributed by atoms with E-state index >= 15 is 0 Å². The zero-order valence-electron chi connectivity index (χ0n) is 11.4. The molecule has 6 heteroatoms. The van der Waals surface area contributed by atoms with Gasteiger partial charge in [0.05, 0.1) is 11.3 Å². The number of nitrogens with two attached hydrogens (primary N) is 1. The van der Waals surface area contributed by atoms with Crippen molar-refractivity contribution in [2.24, 2.45) is 7.05 Å². The Bertz CT molecular complexity index is 673. The van der Waals surface area contributed by atoms with E-state index in [2.05, 4.69) is 5.10 Å². The summed E-state index contributed by atoms with van der Waals surface area (Å²) in [7, 11) is 1.71. The van der Waals surface area contributed by atoms with Gasteiger partial charge in [-0.1, -0.05) is 13.3 Å². The van der Waals surface area contributed by atoms with Crippen LogP contribution in [0.25, 0.3) is 0 Å². The average Bonchev–Trinajstić information content (AvgIpc) is 2.67. The first-order valence-corrected chi connectivity index (χ1v) is 6.25. The SMILES string of the molecule is CCCc1nn(C)c(Oc2ccc(C#N)c(F)c2)c1N. The Morgan fingerprint density at radius 3 is 2.85 bits per heavy atom. The van der Waals surface area contributed by atoms with Crippen LogP contribution < -0.4 is 10.5 Å². The van der Waals surface area contributed by atoms with Crippen molar-refractivity contribution in [2.45, 2.75) is 19.8 Å². The zero-order chi connectivity index (χ0) is 14.7. The summed E-state index contributed by atoms with van der Waals surface area (Å²) in [6.07, 6.45) is 1.68. The maximum atomic E-state index is 13.5. The predicted molar refractivity (Wildman–Crippen MR) is 72.8 cm³/mol. The van der Waals surface area contributed by atoms with Crippen LogP contribution in [0.1, 0.15) is 24.6 Å². The average molecular weight is 274 g/mol. The highest BCUT2D eigenvalue weighted by Crippen LogP contribution is 2.30. The van der Waals surface area contributed by atoms with Crippen molar-refractivity contribution in [1.82, 2.24) is 9.78 Å². The minimum atomic E-state index is -0.625. The summed E-state index contributed by atoms with van der Waals surface area (Å²) in [5.74, 6) is 0.0244. The quantitative estimate of drug-likeness (QED) is 0.930. The van der Waals surface area contributed by atoms with Gasteiger partial charge in [0.15, 0.2) is 0 Å². The van der Waals surface area contributed by atoms with Gasteiger partial charge in [-0.25, -0.2) is 9.07 Å². The van der Waals surface area contributed by atoms with E-state index in [1.807, 2.05) is 6.92 Å². The number of halogens is 1. The highest BCUT2D eigenvalue weighted by atomic mass is 19.1. The van der Waals surface area contributed by atoms with Crippen LogP contribution in [-0.2, 0) is 13.5 Å². The number of aryl methyl sites for hydroxylation is 2. The normalized spacial score (nSPS) is 10.3. The van der Waals surface area contributed by atoms with E-state index < -0.39 is 5.82 Å². The standard InChI is InChI=1S/C14H15FN4O/c1-3-4-12-13(17)14(19(2)18-12)20-10-6-5-9(8-16)11(15)7-10/h5-7H,3-4,17H2,1-2H3. The van der Waals surface area contributed by atoms with Gasteiger partial charge in [-0.05, 0) is 18.6 Å². The Kier molecular flexibility index (Phi) is 3.89. The summed E-state index contributed by atoms with van der Waals surface area (Å²) in [5.41, 5.74) is 7.17. The topological polar surface area (TPSA) is 76.9 Å². The Balaban J connectivity index is 2.31. The molecule has 1 aromatic heterocycles. The maximum Gasteiger partial charge on any atom is 0.241 e. The van der Waals surface area contributed by atoms with Crippen molar-refractivity contribution in [3.05, 3.63) is 35.3 Å². The van der Waals surface area contributed by atoms with E-state index in [-0.39, 0.29) is 11.3 Å². The molecule has 0 unspecified atom stereocenters. The van der Waals surface area contributed by atoms with E-state index in [1.165, 1.54) is 16.8 Å². The number of nitriles is 1. The lowest BCUT2D eigenvalue weighted by Gasteiger charge is -2.07. The number of anilines is 1. The molecule has 1 heterocycles. The van der Waals surface area contributed by atoms with Gasteiger partial charge in [0.2, 0.25) is 5.88 Å². The second kappa shape index (κ2) is 5.61. The van der Waals surface area contributed by atoms with Gasteiger partial charge in [-0.3, -0.25) is 0 Å². The molecule has 5 nitrogen and oxygen atoms in total. The van der Waals surface area contributed by atoms with Crippen LogP contribution in [0.2, 0.25) is 0 Å². The predicted octanol–water partition coefficient (Wildman–Crippen LogP) is 2.76. The molecule has 0 aliphatic carbocycles. The third-order valence-corrected chi connectivity index (χ3v) is 2.87. The zero-order valence-corrected chi connectivity index (χ0v) is 11.4. The van der Waals surface area contributed by atoms with Crippen molar-refractivity contribution >= 4 is 5.69 Å². The first-order chi connectivity index (χ1) is 9.56. The molecule has 0 aliphatic rings. The van der Waals surface area contributed by atoms with Gasteiger partial charge >= 0.3 is 0 Å². The molecule has 0 bridgehead atoms. The summed E-state index contributed by atoms with van der Waals surface area (Å²) < 4.78 is 20.6. The van der Waals surface area contributed by atoms with Crippen LogP contribution >= 0.6 is 0 Å². The van der Waals surface area contributed by atoms with Crippen LogP contribution in [0.5, 0.6) is 11.6 Å². The van der Waals surface area contributed by atoms with Gasteiger partial charge in [0.25, 0.3) is 0 Å². The van der Waals surface area contributed by atoms with Gasteiger partial charge in [0.1, 0.15) is 23.3 Å². The molecule has 0 saturated carbocycles. The van der Waals surface area contributed by atoms with E-state index in [4.69, 9.17) is 15.7 Å². The van der Waals surface area contributed by atoms with Crippen molar-refractivity contribution in [3.8, 4) is 17.7 Å². The van der Waals surface area contributed by atoms with Gasteiger partial charge in [-0.2, -0.15) is 10.4 Å². The molecule has 2 N–H and O–H groups in total. The Morgan fingerprint density at radius 1 is 1.50 bits per heavy atom. The summed E-state index contributed by atoms with van der Waals surface area (Å²) >= 11 is 0. The number of hydrogen-bond acceptors (Lipinski definition) is 4. The summed E-state index contributed by atoms with van der Waals surface area (Å²) in [5, 5.41) is 13.0. The number of hydrogen-bond donors (Lipinski definition) is 1. The number of aromatic nitrogens is 2. The summed E-state index contributed by atoms with van der Waals surface area (Å²) in [6.45, 7) is 2.03. The number of ether oxygens (including phenoxy) is 1. The lowest BCUT2D eigenvalue weighted by molar-refractivity contribution is 0.429. The van der Waals surface area contributed by atoms with Crippen LogP contribution in [-0.4, -0.2) is 9.78 Å². The Hall–Kier alpha value is -2.55. The first-order valence-electron chi connectivity index (χ1n) is 6.25. The highest BCUT2D eigenvalue weighted by Gasteiger charge is 2.15. The molecule has 0 aliphatic heterocycles. The minimum Gasteiger partial charge on any atom is -0.437 e. The molecule has 0 spiro atoms. The molecule has 104 valence electrons. The molecular weight excluding hydrogens is 259 g/mol. The van der Waals surface area contributed by atoms with E-state index in [0.29, 0.717) is 11.6 Å². The number of rotatable bonds is 4. The van der Waals surface area contributed by atoms with Gasteiger partial charge in [-0.15, -0.1) is 0 Å². The van der Waals surface area contributed by atoms with Crippen LogP contribution in [0, 0.1) is 17.1 Å². The Labute approximate surface area is 116 Å². The summed E-state index contributed by atoms with van der Waals surface area (Å²) in [4.78, 5) is 0. The summed E-state index contributed by atoms with van der Waals surface area (Å²) in [6, 6.07) is 5.80. The van der Waals surface area contributed by atoms with Crippen molar-refractivity contribution in [2.75, 3.05) is 5.73 Å². The molecule has 0 amide bonds. The fourth-order valence-corrected chi connectivity index (χ4v) is 1.88. The molecule has 0 radical (unpaired) electrons. The van der Waals surface area contributed by atoms with Gasteiger partial charge in [0, 0.05) is 13.1 Å². The third kappa shape index (κ3) is 2.57. The largest absolute Gasteiger partial charge is 0.437 e. The number of benzene rings is 1. The molecule has 20 heavy (non-hydrogen) atoms. The minimum absolute atomic E-state index is 0.0259. The molecule has 0 atom stereocenters. The fraction of sp³-hybridized carbons (Fsp3) is 0.286. The van der Waals surface area contributed by atoms with E-state index in [1.54, 1.807) is 13.1 Å². The lowest BCUT2D eigenvalue weighted by atomic mass is 10.2. The van der Waals surface area contributed by atoms with Crippen LogP contribution in [0.4, 0.5) is 10.1 Å². The molecule has 2 aromatic rings. The monoisotopic (exact) mass is 274 g/mol. The second-order valence-electron chi connectivity index (χ2n) is 4.39.